The molecule has 0 aromatic heterocycles. The van der Waals surface area contributed by atoms with Gasteiger partial charge in [-0.05, 0) is 80.6 Å². The van der Waals surface area contributed by atoms with E-state index in [1.165, 1.54) is 17.0 Å². The molecule has 1 aliphatic rings. The van der Waals surface area contributed by atoms with E-state index in [0.29, 0.717) is 17.2 Å². The average Bonchev–Trinajstić information content (AvgIpc) is 3.50. The molecule has 8 nitrogen and oxygen atoms in total. The van der Waals surface area contributed by atoms with Crippen LogP contribution in [0.4, 0.5) is 5.69 Å². The van der Waals surface area contributed by atoms with Gasteiger partial charge in [-0.3, -0.25) is 13.9 Å². The van der Waals surface area contributed by atoms with Crippen molar-refractivity contribution in [3.8, 4) is 5.75 Å². The van der Waals surface area contributed by atoms with Gasteiger partial charge in [0.2, 0.25) is 11.8 Å². The molecule has 1 N–H and O–H groups in total. The van der Waals surface area contributed by atoms with Crippen LogP contribution in [-0.2, 0) is 26.2 Å². The first-order valence-corrected chi connectivity index (χ1v) is 16.4. The number of methoxy groups -OCH3 is 1. The summed E-state index contributed by atoms with van der Waals surface area (Å²) in [4.78, 5) is 29.4. The molecule has 4 rings (SSSR count). The van der Waals surface area contributed by atoms with Gasteiger partial charge in [-0.2, -0.15) is 0 Å². The summed E-state index contributed by atoms with van der Waals surface area (Å²) in [7, 11) is -2.60. The second-order valence-electron chi connectivity index (χ2n) is 11.0. The summed E-state index contributed by atoms with van der Waals surface area (Å²) >= 11 is 6.42. The molecule has 1 aliphatic carbocycles. The molecule has 230 valence electrons. The molecule has 0 unspecified atom stereocenters. The number of benzene rings is 3. The number of carbonyl (C=O) groups is 2. The second kappa shape index (κ2) is 14.3. The summed E-state index contributed by atoms with van der Waals surface area (Å²) in [5, 5.41) is 3.51. The highest BCUT2D eigenvalue weighted by Gasteiger charge is 2.34. The average molecular weight is 626 g/mol. The molecule has 43 heavy (non-hydrogen) atoms. The molecule has 2 amide bonds. The van der Waals surface area contributed by atoms with Crippen molar-refractivity contribution in [1.82, 2.24) is 10.2 Å². The molecule has 1 fully saturated rings. The first-order valence-electron chi connectivity index (χ1n) is 14.6. The van der Waals surface area contributed by atoms with Gasteiger partial charge in [-0.25, -0.2) is 8.42 Å². The number of nitrogens with zero attached hydrogens (tertiary/aromatic N) is 2. The fourth-order valence-corrected chi connectivity index (χ4v) is 6.90. The van der Waals surface area contributed by atoms with E-state index in [1.807, 2.05) is 32.9 Å². The lowest BCUT2D eigenvalue weighted by atomic mass is 10.1. The molecule has 3 aromatic carbocycles. The Morgan fingerprint density at radius 1 is 1.00 bits per heavy atom. The van der Waals surface area contributed by atoms with E-state index >= 15 is 0 Å². The minimum Gasteiger partial charge on any atom is -0.497 e. The monoisotopic (exact) mass is 625 g/mol. The van der Waals surface area contributed by atoms with Gasteiger partial charge in [0.15, 0.2) is 0 Å². The van der Waals surface area contributed by atoms with Crippen molar-refractivity contribution in [2.45, 2.75) is 76.4 Å². The predicted octanol–water partition coefficient (Wildman–Crippen LogP) is 6.03. The van der Waals surface area contributed by atoms with Gasteiger partial charge in [-0.15, -0.1) is 0 Å². The van der Waals surface area contributed by atoms with Crippen LogP contribution in [0.25, 0.3) is 0 Å². The van der Waals surface area contributed by atoms with E-state index in [9.17, 15) is 18.0 Å². The van der Waals surface area contributed by atoms with Crippen LogP contribution >= 0.6 is 11.6 Å². The Morgan fingerprint density at radius 2 is 1.65 bits per heavy atom. The Bertz CT molecular complexity index is 1520. The van der Waals surface area contributed by atoms with Crippen LogP contribution in [0, 0.1) is 13.8 Å². The molecular weight excluding hydrogens is 586 g/mol. The quantitative estimate of drug-likeness (QED) is 0.265. The maximum atomic E-state index is 14.3. The summed E-state index contributed by atoms with van der Waals surface area (Å²) in [6.45, 7) is 5.15. The van der Waals surface area contributed by atoms with Crippen LogP contribution in [-0.4, -0.2) is 50.9 Å². The Labute approximate surface area is 260 Å². The minimum atomic E-state index is -4.17. The molecule has 0 saturated heterocycles. The Hall–Kier alpha value is -3.56. The molecule has 1 saturated carbocycles. The fraction of sp³-hybridized carbons (Fsp3) is 0.394. The number of anilines is 1. The number of halogens is 1. The molecular formula is C33H40ClN3O5S. The second-order valence-corrected chi connectivity index (χ2v) is 13.3. The van der Waals surface area contributed by atoms with Gasteiger partial charge in [0, 0.05) is 17.6 Å². The summed E-state index contributed by atoms with van der Waals surface area (Å²) in [5.41, 5.74) is 2.73. The molecule has 0 radical (unpaired) electrons. The first-order chi connectivity index (χ1) is 20.5. The summed E-state index contributed by atoms with van der Waals surface area (Å²) in [6.07, 6.45) is 4.29. The zero-order valence-electron chi connectivity index (χ0n) is 25.2. The SMILES string of the molecule is CC[C@@H](C(=O)NC1CCCC1)N(Cc1ccc(OC)cc1)C(=O)CN(c1ccc(C)c(Cl)c1)S(=O)(=O)c1ccc(C)cc1. The summed E-state index contributed by atoms with van der Waals surface area (Å²) in [5.74, 6) is -0.0709. The zero-order valence-corrected chi connectivity index (χ0v) is 26.7. The maximum absolute atomic E-state index is 14.3. The van der Waals surface area contributed by atoms with E-state index in [4.69, 9.17) is 16.3 Å². The Kier molecular flexibility index (Phi) is 10.7. The molecule has 0 bridgehead atoms. The van der Waals surface area contributed by atoms with E-state index in [0.717, 1.165) is 46.7 Å². The number of amides is 2. The number of hydrogen-bond donors (Lipinski definition) is 1. The largest absolute Gasteiger partial charge is 0.497 e. The van der Waals surface area contributed by atoms with Gasteiger partial charge in [0.1, 0.15) is 18.3 Å². The number of aryl methyl sites for hydroxylation is 2. The van der Waals surface area contributed by atoms with Gasteiger partial charge < -0.3 is 15.0 Å². The van der Waals surface area contributed by atoms with Gasteiger partial charge in [-0.1, -0.05) is 67.3 Å². The van der Waals surface area contributed by atoms with E-state index < -0.39 is 28.5 Å². The van der Waals surface area contributed by atoms with Crippen LogP contribution < -0.4 is 14.4 Å². The molecule has 0 aliphatic heterocycles. The number of carbonyl (C=O) groups excluding carboxylic acids is 2. The third-order valence-corrected chi connectivity index (χ3v) is 10.1. The van der Waals surface area contributed by atoms with Crippen molar-refractivity contribution < 1.29 is 22.7 Å². The molecule has 1 atom stereocenters. The molecule has 0 heterocycles. The van der Waals surface area contributed by atoms with Crippen LogP contribution in [0.3, 0.4) is 0 Å². The van der Waals surface area contributed by atoms with Crippen LogP contribution in [0.2, 0.25) is 5.02 Å². The summed E-state index contributed by atoms with van der Waals surface area (Å²) in [6, 6.07) is 17.9. The predicted molar refractivity (Wildman–Crippen MR) is 170 cm³/mol. The number of sulfonamides is 1. The normalized spacial score (nSPS) is 14.3. The Balaban J connectivity index is 1.73. The van der Waals surface area contributed by atoms with Crippen molar-refractivity contribution in [3.63, 3.8) is 0 Å². The number of rotatable bonds is 12. The van der Waals surface area contributed by atoms with Crippen molar-refractivity contribution in [3.05, 3.63) is 88.4 Å². The third-order valence-electron chi connectivity index (χ3n) is 7.93. The lowest BCUT2D eigenvalue weighted by molar-refractivity contribution is -0.140. The van der Waals surface area contributed by atoms with Crippen LogP contribution in [0.15, 0.2) is 71.6 Å². The maximum Gasteiger partial charge on any atom is 0.264 e. The van der Waals surface area contributed by atoms with E-state index in [2.05, 4.69) is 5.32 Å². The molecule has 10 heteroatoms. The highest BCUT2D eigenvalue weighted by molar-refractivity contribution is 7.92. The number of hydrogen-bond acceptors (Lipinski definition) is 5. The lowest BCUT2D eigenvalue weighted by Crippen LogP contribution is -2.53. The van der Waals surface area contributed by atoms with Crippen LogP contribution in [0.1, 0.15) is 55.7 Å². The zero-order chi connectivity index (χ0) is 31.1. The molecule has 0 spiro atoms. The minimum absolute atomic E-state index is 0.0512. The van der Waals surface area contributed by atoms with Crippen LogP contribution in [0.5, 0.6) is 5.75 Å². The fourth-order valence-electron chi connectivity index (χ4n) is 5.32. The number of nitrogens with one attached hydrogen (secondary N) is 1. The van der Waals surface area contributed by atoms with E-state index in [-0.39, 0.29) is 29.1 Å². The summed E-state index contributed by atoms with van der Waals surface area (Å²) < 4.78 is 34.5. The van der Waals surface area contributed by atoms with Crippen molar-refractivity contribution in [2.75, 3.05) is 18.0 Å². The van der Waals surface area contributed by atoms with Crippen molar-refractivity contribution in [2.24, 2.45) is 0 Å². The third kappa shape index (κ3) is 7.89. The highest BCUT2D eigenvalue weighted by Crippen LogP contribution is 2.29. The highest BCUT2D eigenvalue weighted by atomic mass is 35.5. The standard InChI is InChI=1S/C33H40ClN3O5S/c1-5-31(33(39)35-26-8-6-7-9-26)36(21-25-13-16-28(42-4)17-14-25)32(38)22-37(27-15-12-24(3)30(34)20-27)43(40,41)29-18-10-23(2)11-19-29/h10-20,26,31H,5-9,21-22H2,1-4H3,(H,35,39)/t31-/m0/s1. The smallest absolute Gasteiger partial charge is 0.264 e. The van der Waals surface area contributed by atoms with Crippen molar-refractivity contribution in [1.29, 1.82) is 0 Å². The topological polar surface area (TPSA) is 96.0 Å². The lowest BCUT2D eigenvalue weighted by Gasteiger charge is -2.34. The van der Waals surface area contributed by atoms with Crippen molar-refractivity contribution >= 4 is 39.1 Å². The van der Waals surface area contributed by atoms with Gasteiger partial charge >= 0.3 is 0 Å². The van der Waals surface area contributed by atoms with Gasteiger partial charge in [0.05, 0.1) is 17.7 Å². The van der Waals surface area contributed by atoms with Gasteiger partial charge in [0.25, 0.3) is 10.0 Å². The first kappa shape index (κ1) is 32.4. The molecule has 3 aromatic rings. The number of ether oxygens (including phenoxy) is 1. The Morgan fingerprint density at radius 3 is 2.23 bits per heavy atom. The van der Waals surface area contributed by atoms with E-state index in [1.54, 1.807) is 49.6 Å².